The summed E-state index contributed by atoms with van der Waals surface area (Å²) in [5, 5.41) is 13.1. The topological polar surface area (TPSA) is 77.0 Å². The summed E-state index contributed by atoms with van der Waals surface area (Å²) >= 11 is 0. The molecule has 2 heterocycles. The third kappa shape index (κ3) is 1.84. The highest BCUT2D eigenvalue weighted by Crippen LogP contribution is 2.22. The molecule has 6 nitrogen and oxygen atoms in total. The Balaban J connectivity index is 1.96. The third-order valence-electron chi connectivity index (χ3n) is 2.48. The van der Waals surface area contributed by atoms with Crippen LogP contribution in [0.1, 0.15) is 0 Å². The number of phenolic OH excluding ortho intramolecular Hbond substituents is 1. The molecule has 0 saturated carbocycles. The summed E-state index contributed by atoms with van der Waals surface area (Å²) in [7, 11) is 1.87. The monoisotopic (exact) mass is 242 g/mol. The van der Waals surface area contributed by atoms with Crippen molar-refractivity contribution in [1.82, 2.24) is 19.7 Å². The van der Waals surface area contributed by atoms with Crippen LogP contribution in [0.25, 0.3) is 23.0 Å². The van der Waals surface area contributed by atoms with Crippen molar-refractivity contribution in [2.75, 3.05) is 0 Å². The number of aromatic nitrogens is 4. The Kier molecular flexibility index (Phi) is 2.33. The molecule has 0 atom stereocenters. The Bertz CT molecular complexity index is 669. The molecule has 0 amide bonds. The number of aromatic hydroxyl groups is 1. The van der Waals surface area contributed by atoms with Crippen LogP contribution in [0.15, 0.2) is 41.3 Å². The van der Waals surface area contributed by atoms with Gasteiger partial charge in [0.25, 0.3) is 5.89 Å². The zero-order valence-corrected chi connectivity index (χ0v) is 9.61. The number of imidazole rings is 1. The SMILES string of the molecule is Cn1cnc(-c2nc(-c3ccc(O)cc3)no2)c1. The predicted octanol–water partition coefficient (Wildman–Crippen LogP) is 1.84. The molecule has 2 aromatic heterocycles. The van der Waals surface area contributed by atoms with E-state index in [1.807, 2.05) is 7.05 Å². The van der Waals surface area contributed by atoms with Crippen molar-refractivity contribution in [3.8, 4) is 28.7 Å². The molecule has 3 aromatic rings. The number of nitrogens with zero attached hydrogens (tertiary/aromatic N) is 4. The second-order valence-electron chi connectivity index (χ2n) is 3.89. The van der Waals surface area contributed by atoms with E-state index in [4.69, 9.17) is 4.52 Å². The Morgan fingerprint density at radius 3 is 2.67 bits per heavy atom. The summed E-state index contributed by atoms with van der Waals surface area (Å²) in [6.07, 6.45) is 3.47. The van der Waals surface area contributed by atoms with E-state index < -0.39 is 0 Å². The molecule has 0 spiro atoms. The van der Waals surface area contributed by atoms with Crippen LogP contribution in [0.2, 0.25) is 0 Å². The highest BCUT2D eigenvalue weighted by Gasteiger charge is 2.12. The molecule has 0 aliphatic rings. The van der Waals surface area contributed by atoms with Crippen molar-refractivity contribution in [2.24, 2.45) is 7.05 Å². The van der Waals surface area contributed by atoms with Crippen LogP contribution < -0.4 is 0 Å². The molecule has 0 aliphatic heterocycles. The smallest absolute Gasteiger partial charge is 0.278 e. The van der Waals surface area contributed by atoms with E-state index in [1.54, 1.807) is 41.4 Å². The maximum atomic E-state index is 9.21. The van der Waals surface area contributed by atoms with Gasteiger partial charge in [-0.2, -0.15) is 4.98 Å². The first kappa shape index (κ1) is 10.5. The molecule has 6 heteroatoms. The van der Waals surface area contributed by atoms with Gasteiger partial charge < -0.3 is 14.2 Å². The molecular formula is C12H10N4O2. The van der Waals surface area contributed by atoms with Crippen LogP contribution in [0.4, 0.5) is 0 Å². The zero-order valence-electron chi connectivity index (χ0n) is 9.61. The molecule has 1 N–H and O–H groups in total. The highest BCUT2D eigenvalue weighted by atomic mass is 16.5. The summed E-state index contributed by atoms with van der Waals surface area (Å²) < 4.78 is 6.95. The van der Waals surface area contributed by atoms with Crippen LogP contribution in [0.3, 0.4) is 0 Å². The third-order valence-corrected chi connectivity index (χ3v) is 2.48. The van der Waals surface area contributed by atoms with Crippen molar-refractivity contribution in [1.29, 1.82) is 0 Å². The van der Waals surface area contributed by atoms with Gasteiger partial charge in [-0.05, 0) is 24.3 Å². The summed E-state index contributed by atoms with van der Waals surface area (Å²) in [5.74, 6) is 1.04. The molecule has 0 fully saturated rings. The lowest BCUT2D eigenvalue weighted by molar-refractivity contribution is 0.431. The number of aryl methyl sites for hydroxylation is 1. The molecule has 0 bridgehead atoms. The van der Waals surface area contributed by atoms with Crippen molar-refractivity contribution in [3.63, 3.8) is 0 Å². The summed E-state index contributed by atoms with van der Waals surface area (Å²) in [6, 6.07) is 6.60. The average molecular weight is 242 g/mol. The number of hydrogen-bond donors (Lipinski definition) is 1. The van der Waals surface area contributed by atoms with Gasteiger partial charge in [0, 0.05) is 18.8 Å². The largest absolute Gasteiger partial charge is 0.508 e. The van der Waals surface area contributed by atoms with Crippen LogP contribution in [0, 0.1) is 0 Å². The van der Waals surface area contributed by atoms with E-state index in [0.717, 1.165) is 5.56 Å². The Hall–Kier alpha value is -2.63. The normalized spacial score (nSPS) is 10.7. The first-order valence-corrected chi connectivity index (χ1v) is 5.34. The first-order chi connectivity index (χ1) is 8.72. The van der Waals surface area contributed by atoms with Gasteiger partial charge in [0.2, 0.25) is 5.82 Å². The second-order valence-corrected chi connectivity index (χ2v) is 3.89. The van der Waals surface area contributed by atoms with E-state index in [-0.39, 0.29) is 5.75 Å². The van der Waals surface area contributed by atoms with Crippen molar-refractivity contribution < 1.29 is 9.63 Å². The Labute approximate surface area is 103 Å². The van der Waals surface area contributed by atoms with Crippen LogP contribution >= 0.6 is 0 Å². The zero-order chi connectivity index (χ0) is 12.5. The van der Waals surface area contributed by atoms with Gasteiger partial charge in [0.05, 0.1) is 6.33 Å². The number of hydrogen-bond acceptors (Lipinski definition) is 5. The lowest BCUT2D eigenvalue weighted by Crippen LogP contribution is -1.81. The summed E-state index contributed by atoms with van der Waals surface area (Å²) in [5.41, 5.74) is 1.41. The standard InChI is InChI=1S/C12H10N4O2/c1-16-6-10(13-7-16)12-14-11(15-18-12)8-2-4-9(17)5-3-8/h2-7,17H,1H3. The highest BCUT2D eigenvalue weighted by molar-refractivity contribution is 5.58. The molecule has 0 unspecified atom stereocenters. The minimum atomic E-state index is 0.201. The average Bonchev–Trinajstić information content (AvgIpc) is 2.98. The van der Waals surface area contributed by atoms with Gasteiger partial charge in [-0.25, -0.2) is 4.98 Å². The first-order valence-electron chi connectivity index (χ1n) is 5.34. The van der Waals surface area contributed by atoms with Gasteiger partial charge in [-0.15, -0.1) is 0 Å². The van der Waals surface area contributed by atoms with Crippen LogP contribution in [-0.2, 0) is 7.05 Å². The van der Waals surface area contributed by atoms with Crippen molar-refractivity contribution in [2.45, 2.75) is 0 Å². The number of benzene rings is 1. The molecule has 18 heavy (non-hydrogen) atoms. The second kappa shape index (κ2) is 3.99. The maximum absolute atomic E-state index is 9.21. The molecule has 0 aliphatic carbocycles. The Morgan fingerprint density at radius 2 is 2.00 bits per heavy atom. The van der Waals surface area contributed by atoms with Gasteiger partial charge >= 0.3 is 0 Å². The lowest BCUT2D eigenvalue weighted by atomic mass is 10.2. The summed E-state index contributed by atoms with van der Waals surface area (Å²) in [6.45, 7) is 0. The molecule has 0 radical (unpaired) electrons. The van der Waals surface area contributed by atoms with Crippen molar-refractivity contribution >= 4 is 0 Å². The molecule has 0 saturated heterocycles. The lowest BCUT2D eigenvalue weighted by Gasteiger charge is -1.93. The van der Waals surface area contributed by atoms with E-state index in [1.165, 1.54) is 0 Å². The van der Waals surface area contributed by atoms with Crippen LogP contribution in [0.5, 0.6) is 5.75 Å². The van der Waals surface area contributed by atoms with Gasteiger partial charge in [-0.3, -0.25) is 0 Å². The van der Waals surface area contributed by atoms with Crippen LogP contribution in [-0.4, -0.2) is 24.8 Å². The van der Waals surface area contributed by atoms with Gasteiger partial charge in [-0.1, -0.05) is 5.16 Å². The molecule has 1 aromatic carbocycles. The van der Waals surface area contributed by atoms with E-state index in [9.17, 15) is 5.11 Å². The van der Waals surface area contributed by atoms with E-state index in [2.05, 4.69) is 15.1 Å². The maximum Gasteiger partial charge on any atom is 0.278 e. The Morgan fingerprint density at radius 1 is 1.22 bits per heavy atom. The van der Waals surface area contributed by atoms with E-state index in [0.29, 0.717) is 17.4 Å². The number of rotatable bonds is 2. The molecule has 90 valence electrons. The fraction of sp³-hybridized carbons (Fsp3) is 0.0833. The minimum absolute atomic E-state index is 0.201. The molecular weight excluding hydrogens is 232 g/mol. The quantitative estimate of drug-likeness (QED) is 0.742. The van der Waals surface area contributed by atoms with Gasteiger partial charge in [0.15, 0.2) is 0 Å². The summed E-state index contributed by atoms with van der Waals surface area (Å²) in [4.78, 5) is 8.39. The fourth-order valence-corrected chi connectivity index (χ4v) is 1.58. The van der Waals surface area contributed by atoms with Gasteiger partial charge in [0.1, 0.15) is 11.4 Å². The minimum Gasteiger partial charge on any atom is -0.508 e. The number of phenols is 1. The van der Waals surface area contributed by atoms with E-state index >= 15 is 0 Å². The van der Waals surface area contributed by atoms with Crippen molar-refractivity contribution in [3.05, 3.63) is 36.8 Å². The fourth-order valence-electron chi connectivity index (χ4n) is 1.58. The predicted molar refractivity (Wildman–Crippen MR) is 63.6 cm³/mol. The molecule has 3 rings (SSSR count).